The summed E-state index contributed by atoms with van der Waals surface area (Å²) < 4.78 is 15.5. The number of para-hydroxylation sites is 4. The number of carbonyl (C=O) groups is 2. The van der Waals surface area contributed by atoms with Crippen LogP contribution in [0.15, 0.2) is 229 Å². The first kappa shape index (κ1) is 50.9. The number of hydrazone groups is 2. The zero-order valence-corrected chi connectivity index (χ0v) is 44.7. The zero-order chi connectivity index (χ0) is 54.4. The molecule has 12 heteroatoms. The average Bonchev–Trinajstić information content (AvgIpc) is 4.31. The first-order valence-electron chi connectivity index (χ1n) is 27.3. The quantitative estimate of drug-likeness (QED) is 0.0446. The number of rotatable bonds is 19. The van der Waals surface area contributed by atoms with Gasteiger partial charge in [-0.3, -0.25) is 0 Å². The van der Waals surface area contributed by atoms with Gasteiger partial charge in [0, 0.05) is 45.8 Å². The minimum Gasteiger partial charge on any atom is -0.462 e. The highest BCUT2D eigenvalue weighted by atomic mass is 16.5. The largest absolute Gasteiger partial charge is 0.462 e. The van der Waals surface area contributed by atoms with Gasteiger partial charge in [0.15, 0.2) is 11.6 Å². The van der Waals surface area contributed by atoms with Gasteiger partial charge in [-0.25, -0.2) is 29.0 Å². The van der Waals surface area contributed by atoms with Gasteiger partial charge in [0.2, 0.25) is 0 Å². The van der Waals surface area contributed by atoms with Crippen LogP contribution in [0.3, 0.4) is 0 Å². The van der Waals surface area contributed by atoms with E-state index in [2.05, 4.69) is 24.3 Å². The van der Waals surface area contributed by atoms with Gasteiger partial charge >= 0.3 is 11.9 Å². The van der Waals surface area contributed by atoms with Crippen molar-refractivity contribution in [3.05, 3.63) is 263 Å². The second kappa shape index (κ2) is 23.0. The predicted molar refractivity (Wildman–Crippen MR) is 317 cm³/mol. The fourth-order valence-corrected chi connectivity index (χ4v) is 10.6. The number of unbranched alkanes of at least 4 members (excludes halogenated alkanes) is 5. The smallest absolute Gasteiger partial charge is 0.338 e. The van der Waals surface area contributed by atoms with Crippen molar-refractivity contribution in [1.82, 2.24) is 19.6 Å². The summed E-state index contributed by atoms with van der Waals surface area (Å²) in [6, 6.07) is 72.1. The molecule has 80 heavy (non-hydrogen) atoms. The number of benzene rings is 8. The SMILES string of the molecule is Cc1cc(N(/N=C2\c3ccccc3-c3cc(C(=O)OCCCCCCCCOC(=O)c4ccc5c(c4)-c4ccccc4/C5=N\N(c4ccccc4)c4cc(C)n(-c5ccccc5)n4)ccc32)c2ccccc2)nn1-c1ccccc1. The Bertz CT molecular complexity index is 3670. The van der Waals surface area contributed by atoms with Crippen LogP contribution in [-0.4, -0.2) is 56.1 Å². The number of aromatic nitrogens is 4. The van der Waals surface area contributed by atoms with Crippen molar-refractivity contribution in [1.29, 1.82) is 0 Å². The van der Waals surface area contributed by atoms with E-state index >= 15 is 0 Å². The molecule has 0 saturated heterocycles. The summed E-state index contributed by atoms with van der Waals surface area (Å²) in [5.74, 6) is 0.676. The summed E-state index contributed by atoms with van der Waals surface area (Å²) >= 11 is 0. The molecular weight excluding hydrogens is 993 g/mol. The molecule has 2 aliphatic rings. The number of hydrogen-bond acceptors (Lipinski definition) is 10. The maximum absolute atomic E-state index is 13.5. The van der Waals surface area contributed by atoms with Gasteiger partial charge in [0.25, 0.3) is 0 Å². The van der Waals surface area contributed by atoms with Crippen molar-refractivity contribution < 1.29 is 19.1 Å². The van der Waals surface area contributed by atoms with Gasteiger partial charge in [-0.05, 0) is 122 Å². The lowest BCUT2D eigenvalue weighted by Gasteiger charge is -2.18. The van der Waals surface area contributed by atoms with Crippen molar-refractivity contribution in [2.75, 3.05) is 23.2 Å². The summed E-state index contributed by atoms with van der Waals surface area (Å²) in [5.41, 5.74) is 15.9. The molecule has 0 amide bonds. The van der Waals surface area contributed by atoms with Crippen molar-refractivity contribution in [2.24, 2.45) is 10.2 Å². The number of anilines is 4. The Kier molecular flexibility index (Phi) is 14.6. The van der Waals surface area contributed by atoms with E-state index in [4.69, 9.17) is 29.9 Å². The van der Waals surface area contributed by atoms with Crippen LogP contribution in [0.2, 0.25) is 0 Å². The maximum atomic E-state index is 13.5. The van der Waals surface area contributed by atoms with Crippen LogP contribution < -0.4 is 10.0 Å². The second-order valence-corrected chi connectivity index (χ2v) is 20.0. The monoisotopic (exact) mass is 1050 g/mol. The van der Waals surface area contributed by atoms with Gasteiger partial charge in [-0.15, -0.1) is 10.2 Å². The molecule has 8 aromatic carbocycles. The van der Waals surface area contributed by atoms with Crippen LogP contribution in [-0.2, 0) is 9.47 Å². The zero-order valence-electron chi connectivity index (χ0n) is 44.7. The van der Waals surface area contributed by atoms with E-state index < -0.39 is 0 Å². The Morgan fingerprint density at radius 3 is 1.12 bits per heavy atom. The molecule has 0 fully saturated rings. The summed E-state index contributed by atoms with van der Waals surface area (Å²) in [7, 11) is 0. The molecule has 0 bridgehead atoms. The molecule has 0 saturated carbocycles. The third kappa shape index (κ3) is 10.5. The van der Waals surface area contributed by atoms with E-state index in [0.717, 1.165) is 129 Å². The molecule has 0 spiro atoms. The number of carbonyl (C=O) groups excluding carboxylic acids is 2. The lowest BCUT2D eigenvalue weighted by atomic mass is 10.0. The number of hydrogen-bond donors (Lipinski definition) is 0. The molecule has 0 atom stereocenters. The lowest BCUT2D eigenvalue weighted by molar-refractivity contribution is 0.0484. The van der Waals surface area contributed by atoms with Gasteiger partial charge < -0.3 is 9.47 Å². The minimum atomic E-state index is -0.348. The molecule has 12 nitrogen and oxygen atoms in total. The van der Waals surface area contributed by atoms with E-state index in [1.165, 1.54) is 0 Å². The van der Waals surface area contributed by atoms with Crippen molar-refractivity contribution in [2.45, 2.75) is 52.4 Å². The Balaban J connectivity index is 0.636. The highest BCUT2D eigenvalue weighted by molar-refractivity contribution is 6.26. The fraction of sp³-hybridized carbons (Fsp3) is 0.147. The van der Waals surface area contributed by atoms with Crippen molar-refractivity contribution >= 4 is 46.4 Å². The molecular formula is C68H58N8O4. The summed E-state index contributed by atoms with van der Waals surface area (Å²) in [6.07, 6.45) is 5.34. The highest BCUT2D eigenvalue weighted by Gasteiger charge is 2.30. The second-order valence-electron chi connectivity index (χ2n) is 20.0. The Morgan fingerprint density at radius 1 is 0.388 bits per heavy atom. The standard InChI is InChI=1S/C68H58N8O4/c1-47-43-63(69-73(47)51-25-11-7-12-26-51)75(53-29-15-9-16-30-53)71-65-57-35-21-19-33-55(57)61-45-49(37-39-59(61)65)67(77)79-41-23-5-3-4-6-24-42-80-68(78)50-38-40-60-62(46-50)56-34-20-22-36-58(56)66(60)72-76(54-31-17-10-18-32-54)64-44-48(2)74(70-64)52-27-13-8-14-28-52/h7-22,25-40,43-46H,3-6,23-24,41-42H2,1-2H3/b71-65+,72-66+. The topological polar surface area (TPSA) is 119 Å². The number of ether oxygens (including phenoxy) is 2. The van der Waals surface area contributed by atoms with E-state index in [0.29, 0.717) is 36.0 Å². The normalized spacial score (nSPS) is 12.9. The first-order valence-corrected chi connectivity index (χ1v) is 27.3. The molecule has 10 aromatic rings. The molecule has 2 aliphatic carbocycles. The van der Waals surface area contributed by atoms with E-state index in [1.54, 1.807) is 0 Å². The van der Waals surface area contributed by atoms with Gasteiger partial charge in [-0.1, -0.05) is 159 Å². The number of nitrogens with zero attached hydrogens (tertiary/aromatic N) is 8. The molecule has 2 heterocycles. The molecule has 0 unspecified atom stereocenters. The van der Waals surface area contributed by atoms with Gasteiger partial charge in [-0.2, -0.15) is 10.2 Å². The van der Waals surface area contributed by atoms with Crippen LogP contribution in [0.25, 0.3) is 33.6 Å². The van der Waals surface area contributed by atoms with E-state index in [-0.39, 0.29) is 11.9 Å². The Labute approximate surface area is 465 Å². The van der Waals surface area contributed by atoms with Crippen molar-refractivity contribution in [3.63, 3.8) is 0 Å². The predicted octanol–water partition coefficient (Wildman–Crippen LogP) is 15.2. The summed E-state index contributed by atoms with van der Waals surface area (Å²) in [4.78, 5) is 27.0. The summed E-state index contributed by atoms with van der Waals surface area (Å²) in [6.45, 7) is 4.75. The first-order chi connectivity index (χ1) is 39.4. The highest BCUT2D eigenvalue weighted by Crippen LogP contribution is 2.41. The van der Waals surface area contributed by atoms with Crippen LogP contribution in [0.5, 0.6) is 0 Å². The average molecular weight is 1050 g/mol. The number of aryl methyl sites for hydroxylation is 2. The van der Waals surface area contributed by atoms with Crippen LogP contribution in [0.1, 0.15) is 92.9 Å². The van der Waals surface area contributed by atoms with Crippen molar-refractivity contribution in [3.8, 4) is 33.6 Å². The summed E-state index contributed by atoms with van der Waals surface area (Å²) in [5, 5.41) is 24.4. The molecule has 2 aromatic heterocycles. The number of esters is 2. The third-order valence-electron chi connectivity index (χ3n) is 14.6. The minimum absolute atomic E-state index is 0.335. The molecule has 0 N–H and O–H groups in total. The molecule has 0 aliphatic heterocycles. The van der Waals surface area contributed by atoms with Crippen LogP contribution in [0.4, 0.5) is 23.0 Å². The van der Waals surface area contributed by atoms with E-state index in [1.807, 2.05) is 227 Å². The van der Waals surface area contributed by atoms with Crippen LogP contribution in [0, 0.1) is 13.8 Å². The van der Waals surface area contributed by atoms with E-state index in [9.17, 15) is 9.59 Å². The molecule has 12 rings (SSSR count). The molecule has 0 radical (unpaired) electrons. The number of fused-ring (bicyclic) bond motifs is 6. The lowest BCUT2D eigenvalue weighted by Crippen LogP contribution is -2.15. The Morgan fingerprint density at radius 2 is 0.725 bits per heavy atom. The molecule has 394 valence electrons. The maximum Gasteiger partial charge on any atom is 0.338 e. The van der Waals surface area contributed by atoms with Gasteiger partial charge in [0.1, 0.15) is 0 Å². The fourth-order valence-electron chi connectivity index (χ4n) is 10.6. The van der Waals surface area contributed by atoms with Gasteiger partial charge in [0.05, 0.1) is 58.5 Å². The Hall–Kier alpha value is -9.94. The third-order valence-corrected chi connectivity index (χ3v) is 14.6. The van der Waals surface area contributed by atoms with Crippen LogP contribution >= 0.6 is 0 Å².